The average molecular weight is 200 g/mol. The number of alkyl halides is 2. The van der Waals surface area contributed by atoms with Gasteiger partial charge in [0, 0.05) is 20.3 Å². The van der Waals surface area contributed by atoms with Gasteiger partial charge in [-0.25, -0.2) is 8.78 Å². The van der Waals surface area contributed by atoms with Gasteiger partial charge in [0.05, 0.1) is 5.56 Å². The highest BCUT2D eigenvalue weighted by molar-refractivity contribution is 5.94. The normalized spacial score (nSPS) is 10.4. The van der Waals surface area contributed by atoms with Gasteiger partial charge in [-0.2, -0.15) is 0 Å². The van der Waals surface area contributed by atoms with Crippen LogP contribution in [0.2, 0.25) is 0 Å². The zero-order valence-corrected chi connectivity index (χ0v) is 7.87. The molecule has 0 bridgehead atoms. The van der Waals surface area contributed by atoms with Crippen molar-refractivity contribution in [3.63, 3.8) is 0 Å². The SMILES string of the molecule is CN(C)C(=O)c1cccnc1C(F)F. The van der Waals surface area contributed by atoms with Crippen molar-refractivity contribution in [1.82, 2.24) is 9.88 Å². The lowest BCUT2D eigenvalue weighted by molar-refractivity contribution is 0.0812. The quantitative estimate of drug-likeness (QED) is 0.728. The smallest absolute Gasteiger partial charge is 0.281 e. The Balaban J connectivity index is 3.13. The second-order valence-electron chi connectivity index (χ2n) is 2.94. The third kappa shape index (κ3) is 2.04. The molecule has 76 valence electrons. The second-order valence-corrected chi connectivity index (χ2v) is 2.94. The molecule has 1 aromatic heterocycles. The number of hydrogen-bond donors (Lipinski definition) is 0. The Morgan fingerprint density at radius 1 is 1.50 bits per heavy atom. The summed E-state index contributed by atoms with van der Waals surface area (Å²) in [6.45, 7) is 0. The van der Waals surface area contributed by atoms with Gasteiger partial charge in [-0.3, -0.25) is 9.78 Å². The predicted molar refractivity (Wildman–Crippen MR) is 47.2 cm³/mol. The summed E-state index contributed by atoms with van der Waals surface area (Å²) < 4.78 is 24.8. The van der Waals surface area contributed by atoms with E-state index in [1.54, 1.807) is 0 Å². The minimum Gasteiger partial charge on any atom is -0.345 e. The van der Waals surface area contributed by atoms with Crippen molar-refractivity contribution in [3.8, 4) is 0 Å². The first-order chi connectivity index (χ1) is 6.54. The Labute approximate surface area is 80.4 Å². The lowest BCUT2D eigenvalue weighted by Gasteiger charge is -2.12. The van der Waals surface area contributed by atoms with E-state index in [4.69, 9.17) is 0 Å². The van der Waals surface area contributed by atoms with E-state index in [1.807, 2.05) is 0 Å². The maximum Gasteiger partial charge on any atom is 0.281 e. The third-order valence-corrected chi connectivity index (χ3v) is 1.68. The van der Waals surface area contributed by atoms with Crippen molar-refractivity contribution < 1.29 is 13.6 Å². The number of carbonyl (C=O) groups is 1. The Morgan fingerprint density at radius 3 is 2.64 bits per heavy atom. The summed E-state index contributed by atoms with van der Waals surface area (Å²) in [6, 6.07) is 2.80. The molecular weight excluding hydrogens is 190 g/mol. The van der Waals surface area contributed by atoms with Gasteiger partial charge < -0.3 is 4.90 Å². The first-order valence-electron chi connectivity index (χ1n) is 3.98. The summed E-state index contributed by atoms with van der Waals surface area (Å²) in [5.74, 6) is -0.464. The van der Waals surface area contributed by atoms with Gasteiger partial charge in [0.1, 0.15) is 5.69 Å². The molecule has 0 atom stereocenters. The van der Waals surface area contributed by atoms with E-state index in [2.05, 4.69) is 4.98 Å². The van der Waals surface area contributed by atoms with Crippen molar-refractivity contribution in [2.24, 2.45) is 0 Å². The minimum absolute atomic E-state index is 0.0486. The summed E-state index contributed by atoms with van der Waals surface area (Å²) >= 11 is 0. The van der Waals surface area contributed by atoms with Crippen LogP contribution in [0.3, 0.4) is 0 Å². The van der Waals surface area contributed by atoms with Crippen LogP contribution in [0.4, 0.5) is 8.78 Å². The van der Waals surface area contributed by atoms with Gasteiger partial charge in [0.15, 0.2) is 0 Å². The van der Waals surface area contributed by atoms with Crippen molar-refractivity contribution in [2.75, 3.05) is 14.1 Å². The Bertz CT molecular complexity index is 339. The Morgan fingerprint density at radius 2 is 2.14 bits per heavy atom. The first-order valence-corrected chi connectivity index (χ1v) is 3.98. The zero-order chi connectivity index (χ0) is 10.7. The molecule has 3 nitrogen and oxygen atoms in total. The van der Waals surface area contributed by atoms with Crippen LogP contribution in [-0.4, -0.2) is 29.9 Å². The lowest BCUT2D eigenvalue weighted by Crippen LogP contribution is -2.23. The van der Waals surface area contributed by atoms with Gasteiger partial charge in [0.25, 0.3) is 12.3 Å². The van der Waals surface area contributed by atoms with E-state index in [0.717, 1.165) is 0 Å². The molecule has 1 aromatic rings. The molecule has 5 heteroatoms. The molecule has 0 saturated carbocycles. The number of carbonyl (C=O) groups excluding carboxylic acids is 1. The molecule has 0 radical (unpaired) electrons. The van der Waals surface area contributed by atoms with Crippen LogP contribution in [0.5, 0.6) is 0 Å². The molecule has 0 N–H and O–H groups in total. The van der Waals surface area contributed by atoms with Gasteiger partial charge in [-0.1, -0.05) is 0 Å². The van der Waals surface area contributed by atoms with Gasteiger partial charge >= 0.3 is 0 Å². The molecule has 1 heterocycles. The third-order valence-electron chi connectivity index (χ3n) is 1.68. The van der Waals surface area contributed by atoms with E-state index < -0.39 is 18.0 Å². The van der Waals surface area contributed by atoms with E-state index in [9.17, 15) is 13.6 Å². The highest BCUT2D eigenvalue weighted by Gasteiger charge is 2.20. The van der Waals surface area contributed by atoms with Gasteiger partial charge in [-0.05, 0) is 12.1 Å². The molecule has 0 aliphatic heterocycles. The number of halogens is 2. The van der Waals surface area contributed by atoms with E-state index in [0.29, 0.717) is 0 Å². The first kappa shape index (κ1) is 10.6. The molecule has 0 aromatic carbocycles. The highest BCUT2D eigenvalue weighted by Crippen LogP contribution is 2.20. The van der Waals surface area contributed by atoms with Gasteiger partial charge in [-0.15, -0.1) is 0 Å². The number of nitrogens with zero attached hydrogens (tertiary/aromatic N) is 2. The summed E-state index contributed by atoms with van der Waals surface area (Å²) in [4.78, 5) is 16.1. The minimum atomic E-state index is -2.73. The van der Waals surface area contributed by atoms with Crippen LogP contribution < -0.4 is 0 Å². The second kappa shape index (κ2) is 4.13. The average Bonchev–Trinajstić information content (AvgIpc) is 2.16. The van der Waals surface area contributed by atoms with Crippen LogP contribution in [0.15, 0.2) is 18.3 Å². The number of amides is 1. The zero-order valence-electron chi connectivity index (χ0n) is 7.87. The molecule has 0 saturated heterocycles. The van der Waals surface area contributed by atoms with E-state index in [-0.39, 0.29) is 5.56 Å². The maximum atomic E-state index is 12.4. The summed E-state index contributed by atoms with van der Waals surface area (Å²) in [5, 5.41) is 0. The van der Waals surface area contributed by atoms with Crippen LogP contribution >= 0.6 is 0 Å². The summed E-state index contributed by atoms with van der Waals surface area (Å²) in [6.07, 6.45) is -1.48. The highest BCUT2D eigenvalue weighted by atomic mass is 19.3. The molecule has 1 amide bonds. The van der Waals surface area contributed by atoms with Crippen molar-refractivity contribution in [1.29, 1.82) is 0 Å². The molecule has 14 heavy (non-hydrogen) atoms. The topological polar surface area (TPSA) is 33.2 Å². The largest absolute Gasteiger partial charge is 0.345 e. The molecule has 0 spiro atoms. The van der Waals surface area contributed by atoms with Crippen LogP contribution in [-0.2, 0) is 0 Å². The van der Waals surface area contributed by atoms with Crippen molar-refractivity contribution in [2.45, 2.75) is 6.43 Å². The van der Waals surface area contributed by atoms with E-state index in [1.165, 1.54) is 37.3 Å². The number of hydrogen-bond acceptors (Lipinski definition) is 2. The predicted octanol–water partition coefficient (Wildman–Crippen LogP) is 1.72. The molecule has 0 aliphatic carbocycles. The Kier molecular flexibility index (Phi) is 3.11. The molecule has 0 fully saturated rings. The fourth-order valence-electron chi connectivity index (χ4n) is 1.01. The van der Waals surface area contributed by atoms with Crippen molar-refractivity contribution >= 4 is 5.91 Å². The number of rotatable bonds is 2. The Hall–Kier alpha value is -1.52. The monoisotopic (exact) mass is 200 g/mol. The summed E-state index contributed by atoms with van der Waals surface area (Å²) in [5.41, 5.74) is -0.515. The van der Waals surface area contributed by atoms with Crippen molar-refractivity contribution in [3.05, 3.63) is 29.6 Å². The molecule has 1 rings (SSSR count). The van der Waals surface area contributed by atoms with E-state index >= 15 is 0 Å². The van der Waals surface area contributed by atoms with Crippen LogP contribution in [0.1, 0.15) is 22.5 Å². The fourth-order valence-corrected chi connectivity index (χ4v) is 1.01. The standard InChI is InChI=1S/C9H10F2N2O/c1-13(2)9(14)6-4-3-5-12-7(6)8(10)11/h3-5,8H,1-2H3. The number of pyridine rings is 1. The molecule has 0 unspecified atom stereocenters. The lowest BCUT2D eigenvalue weighted by atomic mass is 10.2. The maximum absolute atomic E-state index is 12.4. The summed E-state index contributed by atoms with van der Waals surface area (Å²) in [7, 11) is 3.01. The number of aromatic nitrogens is 1. The molecular formula is C9H10F2N2O. The van der Waals surface area contributed by atoms with Crippen LogP contribution in [0.25, 0.3) is 0 Å². The van der Waals surface area contributed by atoms with Gasteiger partial charge in [0.2, 0.25) is 0 Å². The molecule has 0 aliphatic rings. The van der Waals surface area contributed by atoms with Crippen LogP contribution in [0, 0.1) is 0 Å². The fraction of sp³-hybridized carbons (Fsp3) is 0.333.